The standard InChI is InChI=1S/C15H20N4O3S/c1-10(22-13-7-5-4-6-12(13)21-3)14(20)16-8-9-23-15-17-11(2)18-19-15/h4-7,10H,8-9H2,1-3H3,(H,16,20)(H,17,18,19)/t10-/m0/s1. The number of carbonyl (C=O) groups excluding carboxylic acids is 1. The Morgan fingerprint density at radius 3 is 2.78 bits per heavy atom. The molecule has 1 heterocycles. The quantitative estimate of drug-likeness (QED) is 0.564. The van der Waals surface area contributed by atoms with Crippen molar-refractivity contribution in [2.45, 2.75) is 25.1 Å². The highest BCUT2D eigenvalue weighted by atomic mass is 32.2. The molecule has 2 aromatic rings. The van der Waals surface area contributed by atoms with Crippen molar-refractivity contribution in [3.05, 3.63) is 30.1 Å². The third kappa shape index (κ3) is 5.17. The van der Waals surface area contributed by atoms with Crippen LogP contribution in [0.1, 0.15) is 12.7 Å². The second-order valence-corrected chi connectivity index (χ2v) is 5.82. The number of amides is 1. The van der Waals surface area contributed by atoms with Gasteiger partial charge in [0.05, 0.1) is 7.11 Å². The lowest BCUT2D eigenvalue weighted by Crippen LogP contribution is -2.37. The molecule has 0 unspecified atom stereocenters. The number of nitrogens with zero attached hydrogens (tertiary/aromatic N) is 2. The number of carbonyl (C=O) groups is 1. The van der Waals surface area contributed by atoms with E-state index in [0.29, 0.717) is 29.0 Å². The summed E-state index contributed by atoms with van der Waals surface area (Å²) < 4.78 is 10.8. The molecule has 0 saturated heterocycles. The van der Waals surface area contributed by atoms with Crippen LogP contribution in [0.5, 0.6) is 11.5 Å². The van der Waals surface area contributed by atoms with E-state index in [2.05, 4.69) is 20.5 Å². The van der Waals surface area contributed by atoms with Crippen LogP contribution in [-0.4, -0.2) is 46.6 Å². The third-order valence-electron chi connectivity index (χ3n) is 2.95. The number of methoxy groups -OCH3 is 1. The maximum Gasteiger partial charge on any atom is 0.260 e. The fourth-order valence-corrected chi connectivity index (χ4v) is 2.51. The number of ether oxygens (including phenoxy) is 2. The zero-order valence-electron chi connectivity index (χ0n) is 13.3. The number of benzene rings is 1. The molecule has 23 heavy (non-hydrogen) atoms. The van der Waals surface area contributed by atoms with E-state index in [9.17, 15) is 4.79 Å². The van der Waals surface area contributed by atoms with Crippen LogP contribution >= 0.6 is 11.8 Å². The van der Waals surface area contributed by atoms with Crippen molar-refractivity contribution in [2.24, 2.45) is 0 Å². The minimum absolute atomic E-state index is 0.178. The van der Waals surface area contributed by atoms with Gasteiger partial charge in [-0.1, -0.05) is 23.9 Å². The Balaban J connectivity index is 1.74. The number of aryl methyl sites for hydroxylation is 1. The van der Waals surface area contributed by atoms with E-state index in [4.69, 9.17) is 9.47 Å². The smallest absolute Gasteiger partial charge is 0.260 e. The van der Waals surface area contributed by atoms with Gasteiger partial charge in [0.1, 0.15) is 5.82 Å². The predicted molar refractivity (Wildman–Crippen MR) is 87.9 cm³/mol. The Hall–Kier alpha value is -2.22. The molecular weight excluding hydrogens is 316 g/mol. The van der Waals surface area contributed by atoms with Crippen LogP contribution in [0.4, 0.5) is 0 Å². The summed E-state index contributed by atoms with van der Waals surface area (Å²) in [5.41, 5.74) is 0. The van der Waals surface area contributed by atoms with Crippen LogP contribution in [0.15, 0.2) is 29.4 Å². The molecule has 0 aliphatic heterocycles. The molecule has 1 aromatic carbocycles. The molecule has 0 aliphatic rings. The first-order valence-corrected chi connectivity index (χ1v) is 8.18. The van der Waals surface area contributed by atoms with E-state index in [1.165, 1.54) is 11.8 Å². The second kappa shape index (κ2) is 8.42. The number of para-hydroxylation sites is 2. The summed E-state index contributed by atoms with van der Waals surface area (Å²) >= 11 is 1.48. The van der Waals surface area contributed by atoms with E-state index in [0.717, 1.165) is 5.82 Å². The topological polar surface area (TPSA) is 89.1 Å². The van der Waals surface area contributed by atoms with Crippen LogP contribution < -0.4 is 14.8 Å². The summed E-state index contributed by atoms with van der Waals surface area (Å²) in [5.74, 6) is 2.42. The van der Waals surface area contributed by atoms with Crippen molar-refractivity contribution in [1.82, 2.24) is 20.5 Å². The zero-order valence-corrected chi connectivity index (χ0v) is 14.1. The monoisotopic (exact) mass is 336 g/mol. The number of thioether (sulfide) groups is 1. The van der Waals surface area contributed by atoms with Gasteiger partial charge in [0.2, 0.25) is 5.16 Å². The maximum absolute atomic E-state index is 12.0. The van der Waals surface area contributed by atoms with Crippen molar-refractivity contribution in [3.63, 3.8) is 0 Å². The number of hydrogen-bond acceptors (Lipinski definition) is 6. The molecule has 2 rings (SSSR count). The molecule has 0 radical (unpaired) electrons. The fraction of sp³-hybridized carbons (Fsp3) is 0.400. The van der Waals surface area contributed by atoms with Crippen molar-refractivity contribution >= 4 is 17.7 Å². The largest absolute Gasteiger partial charge is 0.493 e. The number of aromatic amines is 1. The summed E-state index contributed by atoms with van der Waals surface area (Å²) in [7, 11) is 1.56. The first kappa shape index (κ1) is 17.1. The van der Waals surface area contributed by atoms with Crippen LogP contribution in [0.3, 0.4) is 0 Å². The Morgan fingerprint density at radius 1 is 1.39 bits per heavy atom. The minimum atomic E-state index is -0.609. The molecule has 124 valence electrons. The molecule has 0 bridgehead atoms. The summed E-state index contributed by atoms with van der Waals surface area (Å²) in [5, 5.41) is 10.3. The van der Waals surface area contributed by atoms with Crippen molar-refractivity contribution < 1.29 is 14.3 Å². The zero-order chi connectivity index (χ0) is 16.7. The van der Waals surface area contributed by atoms with Crippen molar-refractivity contribution in [1.29, 1.82) is 0 Å². The van der Waals surface area contributed by atoms with Gasteiger partial charge in [-0.25, -0.2) is 4.98 Å². The highest BCUT2D eigenvalue weighted by molar-refractivity contribution is 7.99. The van der Waals surface area contributed by atoms with E-state index >= 15 is 0 Å². The molecule has 1 amide bonds. The van der Waals surface area contributed by atoms with Gasteiger partial charge in [-0.15, -0.1) is 5.10 Å². The van der Waals surface area contributed by atoms with Gasteiger partial charge >= 0.3 is 0 Å². The summed E-state index contributed by atoms with van der Waals surface area (Å²) in [4.78, 5) is 16.2. The maximum atomic E-state index is 12.0. The van der Waals surface area contributed by atoms with Gasteiger partial charge in [0, 0.05) is 12.3 Å². The minimum Gasteiger partial charge on any atom is -0.493 e. The summed E-state index contributed by atoms with van der Waals surface area (Å²) in [6, 6.07) is 7.23. The highest BCUT2D eigenvalue weighted by Crippen LogP contribution is 2.26. The van der Waals surface area contributed by atoms with Gasteiger partial charge in [0.25, 0.3) is 5.91 Å². The van der Waals surface area contributed by atoms with E-state index in [1.54, 1.807) is 26.2 Å². The lowest BCUT2D eigenvalue weighted by atomic mass is 10.3. The first-order chi connectivity index (χ1) is 11.1. The molecule has 2 N–H and O–H groups in total. The van der Waals surface area contributed by atoms with Gasteiger partial charge in [-0.05, 0) is 26.0 Å². The normalized spacial score (nSPS) is 11.8. The predicted octanol–water partition coefficient (Wildman–Crippen LogP) is 1.80. The Labute approximate surface area is 139 Å². The van der Waals surface area contributed by atoms with E-state index < -0.39 is 6.10 Å². The third-order valence-corrected chi connectivity index (χ3v) is 3.80. The molecule has 0 fully saturated rings. The van der Waals surface area contributed by atoms with Crippen molar-refractivity contribution in [2.75, 3.05) is 19.4 Å². The average molecular weight is 336 g/mol. The van der Waals surface area contributed by atoms with Gasteiger partial charge < -0.3 is 14.8 Å². The Bertz CT molecular complexity index is 647. The molecule has 1 aromatic heterocycles. The number of hydrogen-bond donors (Lipinski definition) is 2. The van der Waals surface area contributed by atoms with Gasteiger partial charge in [0.15, 0.2) is 17.6 Å². The molecule has 7 nitrogen and oxygen atoms in total. The molecule has 0 spiro atoms. The van der Waals surface area contributed by atoms with Crippen molar-refractivity contribution in [3.8, 4) is 11.5 Å². The number of aromatic nitrogens is 3. The first-order valence-electron chi connectivity index (χ1n) is 7.19. The SMILES string of the molecule is COc1ccccc1O[C@@H](C)C(=O)NCCSc1n[nH]c(C)n1. The number of rotatable bonds is 8. The number of nitrogens with one attached hydrogen (secondary N) is 2. The lowest BCUT2D eigenvalue weighted by molar-refractivity contribution is -0.127. The highest BCUT2D eigenvalue weighted by Gasteiger charge is 2.16. The second-order valence-electron chi connectivity index (χ2n) is 4.75. The van der Waals surface area contributed by atoms with Crippen LogP contribution in [0.25, 0.3) is 0 Å². The van der Waals surface area contributed by atoms with Crippen LogP contribution in [0.2, 0.25) is 0 Å². The molecule has 8 heteroatoms. The Morgan fingerprint density at radius 2 is 2.13 bits per heavy atom. The molecular formula is C15H20N4O3S. The van der Waals surface area contributed by atoms with E-state index in [1.807, 2.05) is 19.1 Å². The number of H-pyrrole nitrogens is 1. The lowest BCUT2D eigenvalue weighted by Gasteiger charge is -2.16. The van der Waals surface area contributed by atoms with Gasteiger partial charge in [-0.3, -0.25) is 9.89 Å². The Kier molecular flexibility index (Phi) is 6.28. The fourth-order valence-electron chi connectivity index (χ4n) is 1.81. The van der Waals surface area contributed by atoms with Gasteiger partial charge in [-0.2, -0.15) is 0 Å². The molecule has 0 saturated carbocycles. The summed E-state index contributed by atoms with van der Waals surface area (Å²) in [6.45, 7) is 4.06. The summed E-state index contributed by atoms with van der Waals surface area (Å²) in [6.07, 6.45) is -0.609. The van der Waals surface area contributed by atoms with Crippen LogP contribution in [-0.2, 0) is 4.79 Å². The molecule has 1 atom stereocenters. The molecule has 0 aliphatic carbocycles. The van der Waals surface area contributed by atoms with E-state index in [-0.39, 0.29) is 5.91 Å². The average Bonchev–Trinajstić information content (AvgIpc) is 2.97. The van der Waals surface area contributed by atoms with Crippen LogP contribution in [0, 0.1) is 6.92 Å².